The Morgan fingerprint density at radius 2 is 1.53 bits per heavy atom. The molecule has 1 N–H and O–H groups in total. The molecule has 0 aromatic heterocycles. The lowest BCUT2D eigenvalue weighted by Crippen LogP contribution is -2.48. The Kier molecular flexibility index (Phi) is 8.04. The van der Waals surface area contributed by atoms with Gasteiger partial charge in [-0.15, -0.1) is 13.2 Å². The maximum absolute atomic E-state index is 12.5. The third kappa shape index (κ3) is 7.16. The lowest BCUT2D eigenvalue weighted by molar-refractivity contribution is -0.274. The molecule has 10 heteroatoms. The summed E-state index contributed by atoms with van der Waals surface area (Å²) in [6.45, 7) is 4.08. The van der Waals surface area contributed by atoms with Gasteiger partial charge in [0.05, 0.1) is 13.2 Å². The molecule has 34 heavy (non-hydrogen) atoms. The largest absolute Gasteiger partial charge is 0.573 e. The van der Waals surface area contributed by atoms with Crippen LogP contribution in [0.4, 0.5) is 18.9 Å². The number of benzene rings is 2. The van der Waals surface area contributed by atoms with Crippen LogP contribution in [-0.2, 0) is 9.59 Å². The number of alkyl halides is 3. The number of ether oxygens (including phenoxy) is 2. The first-order valence-corrected chi connectivity index (χ1v) is 10.7. The maximum atomic E-state index is 12.5. The smallest absolute Gasteiger partial charge is 0.497 e. The van der Waals surface area contributed by atoms with Crippen LogP contribution in [0.5, 0.6) is 11.5 Å². The minimum Gasteiger partial charge on any atom is -0.497 e. The van der Waals surface area contributed by atoms with E-state index < -0.39 is 18.3 Å². The summed E-state index contributed by atoms with van der Waals surface area (Å²) < 4.78 is 45.8. The van der Waals surface area contributed by atoms with Crippen LogP contribution in [0.25, 0.3) is 0 Å². The van der Waals surface area contributed by atoms with E-state index in [2.05, 4.69) is 15.0 Å². The molecule has 182 valence electrons. The molecule has 1 atom stereocenters. The Labute approximate surface area is 195 Å². The molecule has 7 nitrogen and oxygen atoms in total. The zero-order valence-corrected chi connectivity index (χ0v) is 18.8. The van der Waals surface area contributed by atoms with Crippen molar-refractivity contribution in [2.45, 2.75) is 19.3 Å². The fraction of sp³-hybridized carbons (Fsp3) is 0.333. The highest BCUT2D eigenvalue weighted by molar-refractivity contribution is 5.96. The number of nitrogens with one attached hydrogen (secondary N) is 1. The van der Waals surface area contributed by atoms with Crippen LogP contribution in [0.1, 0.15) is 18.5 Å². The van der Waals surface area contributed by atoms with E-state index >= 15 is 0 Å². The van der Waals surface area contributed by atoms with Crippen molar-refractivity contribution < 1.29 is 32.2 Å². The Morgan fingerprint density at radius 3 is 2.09 bits per heavy atom. The second kappa shape index (κ2) is 11.0. The van der Waals surface area contributed by atoms with E-state index in [4.69, 9.17) is 4.74 Å². The number of methoxy groups -OCH3 is 1. The summed E-state index contributed by atoms with van der Waals surface area (Å²) in [5.41, 5.74) is 1.65. The van der Waals surface area contributed by atoms with Crippen LogP contribution in [-0.4, -0.2) is 56.4 Å². The van der Waals surface area contributed by atoms with Gasteiger partial charge < -0.3 is 24.6 Å². The van der Waals surface area contributed by atoms with Crippen LogP contribution >= 0.6 is 0 Å². The minimum atomic E-state index is -4.76. The number of carbonyl (C=O) groups excluding carboxylic acids is 2. The summed E-state index contributed by atoms with van der Waals surface area (Å²) in [5.74, 6) is -0.297. The molecule has 1 aliphatic rings. The van der Waals surface area contributed by atoms with Crippen molar-refractivity contribution >= 4 is 17.5 Å². The monoisotopic (exact) mass is 477 g/mol. The second-order valence-electron chi connectivity index (χ2n) is 7.69. The molecule has 2 amide bonds. The van der Waals surface area contributed by atoms with E-state index in [0.29, 0.717) is 31.7 Å². The molecule has 2 aromatic carbocycles. The predicted octanol–water partition coefficient (Wildman–Crippen LogP) is 3.68. The van der Waals surface area contributed by atoms with Crippen molar-refractivity contribution in [3.8, 4) is 11.5 Å². The van der Waals surface area contributed by atoms with Crippen molar-refractivity contribution in [1.29, 1.82) is 0 Å². The van der Waals surface area contributed by atoms with Crippen LogP contribution in [0, 0.1) is 0 Å². The first-order valence-electron chi connectivity index (χ1n) is 10.7. The highest BCUT2D eigenvalue weighted by atomic mass is 19.4. The van der Waals surface area contributed by atoms with Crippen LogP contribution < -0.4 is 19.7 Å². The van der Waals surface area contributed by atoms with Crippen molar-refractivity contribution in [2.24, 2.45) is 0 Å². The third-order valence-corrected chi connectivity index (χ3v) is 5.38. The van der Waals surface area contributed by atoms with E-state index in [0.717, 1.165) is 17.5 Å². The fourth-order valence-corrected chi connectivity index (χ4v) is 3.53. The van der Waals surface area contributed by atoms with E-state index in [1.807, 2.05) is 24.3 Å². The number of amides is 2. The number of carbonyl (C=O) groups is 2. The van der Waals surface area contributed by atoms with Gasteiger partial charge in [-0.05, 0) is 48.9 Å². The van der Waals surface area contributed by atoms with Gasteiger partial charge in [0.1, 0.15) is 11.5 Å². The Bertz CT molecular complexity index is 1000. The molecule has 1 aliphatic heterocycles. The van der Waals surface area contributed by atoms with E-state index in [1.54, 1.807) is 18.9 Å². The van der Waals surface area contributed by atoms with Crippen molar-refractivity contribution in [3.05, 3.63) is 66.2 Å². The van der Waals surface area contributed by atoms with Gasteiger partial charge in [-0.1, -0.05) is 12.1 Å². The van der Waals surface area contributed by atoms with Gasteiger partial charge in [-0.3, -0.25) is 9.59 Å². The van der Waals surface area contributed by atoms with Gasteiger partial charge in [-0.2, -0.15) is 0 Å². The van der Waals surface area contributed by atoms with Crippen molar-refractivity contribution in [3.63, 3.8) is 0 Å². The van der Waals surface area contributed by atoms with Crippen LogP contribution in [0.3, 0.4) is 0 Å². The fourth-order valence-electron chi connectivity index (χ4n) is 3.53. The zero-order valence-electron chi connectivity index (χ0n) is 18.8. The average molecular weight is 477 g/mol. The second-order valence-corrected chi connectivity index (χ2v) is 7.69. The summed E-state index contributed by atoms with van der Waals surface area (Å²) >= 11 is 0. The molecule has 0 aliphatic carbocycles. The number of piperazine rings is 1. The molecule has 0 radical (unpaired) electrons. The van der Waals surface area contributed by atoms with Gasteiger partial charge in [0.2, 0.25) is 11.8 Å². The van der Waals surface area contributed by atoms with E-state index in [9.17, 15) is 22.8 Å². The van der Waals surface area contributed by atoms with E-state index in [1.165, 1.54) is 30.3 Å². The summed E-state index contributed by atoms with van der Waals surface area (Å²) in [7, 11) is 1.61. The van der Waals surface area contributed by atoms with Gasteiger partial charge >= 0.3 is 6.36 Å². The van der Waals surface area contributed by atoms with E-state index in [-0.39, 0.29) is 11.7 Å². The SMILES string of the molecule is COc1ccc(N2CCN(C(=O)/C=C/C(=O)N[C@@H](C)c3ccc(OC(F)(F)F)cc3)CC2)cc1. The van der Waals surface area contributed by atoms with Gasteiger partial charge in [0.25, 0.3) is 0 Å². The topological polar surface area (TPSA) is 71.1 Å². The average Bonchev–Trinajstić information content (AvgIpc) is 2.82. The summed E-state index contributed by atoms with van der Waals surface area (Å²) in [5, 5.41) is 2.68. The quantitative estimate of drug-likeness (QED) is 0.617. The van der Waals surface area contributed by atoms with Crippen molar-refractivity contribution in [2.75, 3.05) is 38.2 Å². The maximum Gasteiger partial charge on any atom is 0.573 e. The molecule has 0 bridgehead atoms. The van der Waals surface area contributed by atoms with Gasteiger partial charge in [0, 0.05) is 44.0 Å². The number of nitrogens with zero attached hydrogens (tertiary/aromatic N) is 2. The normalized spacial score (nSPS) is 15.2. The number of hydrogen-bond donors (Lipinski definition) is 1. The minimum absolute atomic E-state index is 0.258. The summed E-state index contributed by atoms with van der Waals surface area (Å²) in [6, 6.07) is 12.5. The molecule has 3 rings (SSSR count). The Balaban J connectivity index is 1.45. The summed E-state index contributed by atoms with van der Waals surface area (Å²) in [4.78, 5) is 28.5. The third-order valence-electron chi connectivity index (χ3n) is 5.38. The standard InChI is InChI=1S/C24H26F3N3O4/c1-17(18-3-7-21(8-4-18)34-24(25,26)27)28-22(31)11-12-23(32)30-15-13-29(14-16-30)19-5-9-20(33-2)10-6-19/h3-12,17H,13-16H2,1-2H3,(H,28,31)/b12-11+/t17-/m0/s1. The molecule has 1 saturated heterocycles. The molecule has 2 aromatic rings. The number of anilines is 1. The van der Waals surface area contributed by atoms with Crippen molar-refractivity contribution in [1.82, 2.24) is 10.2 Å². The van der Waals surface area contributed by atoms with Gasteiger partial charge in [-0.25, -0.2) is 0 Å². The molecule has 1 heterocycles. The number of halogens is 3. The molecule has 1 fully saturated rings. The molecule has 0 saturated carbocycles. The van der Waals surface area contributed by atoms with Gasteiger partial charge in [0.15, 0.2) is 0 Å². The highest BCUT2D eigenvalue weighted by Crippen LogP contribution is 2.24. The molecule has 0 spiro atoms. The zero-order chi connectivity index (χ0) is 24.7. The Hall–Kier alpha value is -3.69. The molecule has 0 unspecified atom stereocenters. The van der Waals surface area contributed by atoms with Crippen LogP contribution in [0.2, 0.25) is 0 Å². The molecular formula is C24H26F3N3O4. The van der Waals surface area contributed by atoms with Crippen LogP contribution in [0.15, 0.2) is 60.7 Å². The summed E-state index contributed by atoms with van der Waals surface area (Å²) in [6.07, 6.45) is -2.37. The lowest BCUT2D eigenvalue weighted by atomic mass is 10.1. The highest BCUT2D eigenvalue weighted by Gasteiger charge is 2.31. The first-order chi connectivity index (χ1) is 16.1. The lowest BCUT2D eigenvalue weighted by Gasteiger charge is -2.35. The number of rotatable bonds is 7. The molecular weight excluding hydrogens is 451 g/mol. The first kappa shape index (κ1) is 24.9. The number of hydrogen-bond acceptors (Lipinski definition) is 5. The Morgan fingerprint density at radius 1 is 0.941 bits per heavy atom. The predicted molar refractivity (Wildman–Crippen MR) is 121 cm³/mol.